The van der Waals surface area contributed by atoms with Gasteiger partial charge in [-0.1, -0.05) is 39.3 Å². The zero-order chi connectivity index (χ0) is 19.7. The molecule has 8 heteroatoms. The number of anilines is 1. The summed E-state index contributed by atoms with van der Waals surface area (Å²) >= 11 is 5.62. The number of rotatable bonds is 1. The summed E-state index contributed by atoms with van der Waals surface area (Å²) in [5.74, 6) is 0. The number of hydrogen-bond donors (Lipinski definition) is 1. The highest BCUT2D eigenvalue weighted by atomic mass is 35.5. The van der Waals surface area contributed by atoms with Crippen LogP contribution in [0.4, 0.5) is 23.7 Å². The third kappa shape index (κ3) is 8.38. The van der Waals surface area contributed by atoms with Crippen LogP contribution in [0.2, 0.25) is 5.02 Å². The van der Waals surface area contributed by atoms with E-state index in [9.17, 15) is 18.0 Å². The smallest absolute Gasteiger partial charge is 0.434 e. The average Bonchev–Trinajstić information content (AvgIpc) is 2.45. The van der Waals surface area contributed by atoms with E-state index < -0.39 is 28.6 Å². The Bertz CT molecular complexity index is 527. The van der Waals surface area contributed by atoms with E-state index >= 15 is 0 Å². The summed E-state index contributed by atoms with van der Waals surface area (Å²) in [5, 5.41) is 1.76. The average molecular weight is 371 g/mol. The number of hydrogen-bond acceptors (Lipinski definition) is 3. The number of alkyl halides is 3. The third-order valence-electron chi connectivity index (χ3n) is 2.17. The molecule has 1 amide bonds. The number of nitrogens with one attached hydrogen (secondary N) is 1. The summed E-state index contributed by atoms with van der Waals surface area (Å²) in [6.07, 6.45) is -4.54. The van der Waals surface area contributed by atoms with Crippen molar-refractivity contribution in [2.24, 2.45) is 0 Å². The van der Waals surface area contributed by atoms with Gasteiger partial charge in [-0.2, -0.15) is 13.2 Å². The molecule has 1 heterocycles. The van der Waals surface area contributed by atoms with Crippen LogP contribution in [0.5, 0.6) is 0 Å². The minimum Gasteiger partial charge on any atom is -0.444 e. The predicted octanol–water partition coefficient (Wildman–Crippen LogP) is 6.46. The molecule has 0 bridgehead atoms. The summed E-state index contributed by atoms with van der Waals surface area (Å²) in [4.78, 5) is 14.8. The van der Waals surface area contributed by atoms with E-state index in [0.29, 0.717) is 0 Å². The van der Waals surface area contributed by atoms with Gasteiger partial charge in [0.2, 0.25) is 0 Å². The molecule has 0 spiro atoms. The van der Waals surface area contributed by atoms with Gasteiger partial charge in [0.15, 0.2) is 5.69 Å². The molecule has 0 saturated heterocycles. The molecule has 0 aromatic carbocycles. The highest BCUT2D eigenvalue weighted by molar-refractivity contribution is 6.32. The van der Waals surface area contributed by atoms with Gasteiger partial charge in [0.1, 0.15) is 5.60 Å². The Balaban J connectivity index is 0. The molecule has 1 N–H and O–H groups in total. The van der Waals surface area contributed by atoms with Crippen LogP contribution in [0, 0.1) is 6.92 Å². The molecule has 0 saturated carbocycles. The molecule has 1 aromatic rings. The number of ether oxygens (including phenoxy) is 1. The van der Waals surface area contributed by atoms with Crippen molar-refractivity contribution in [2.75, 3.05) is 5.32 Å². The Morgan fingerprint density at radius 3 is 2.00 bits per heavy atom. The van der Waals surface area contributed by atoms with Crippen LogP contribution in [0.25, 0.3) is 0 Å². The Hall–Kier alpha value is -1.50. The van der Waals surface area contributed by atoms with Gasteiger partial charge in [-0.05, 0) is 33.3 Å². The van der Waals surface area contributed by atoms with Crippen LogP contribution >= 0.6 is 11.6 Å². The fraction of sp³-hybridized carbons (Fsp3) is 0.625. The van der Waals surface area contributed by atoms with Gasteiger partial charge in [0.05, 0.1) is 16.9 Å². The van der Waals surface area contributed by atoms with Crippen LogP contribution in [0.3, 0.4) is 0 Å². The molecular weight excluding hydrogens is 345 g/mol. The third-order valence-corrected chi connectivity index (χ3v) is 2.63. The van der Waals surface area contributed by atoms with Crippen molar-refractivity contribution in [3.63, 3.8) is 0 Å². The van der Waals surface area contributed by atoms with Crippen LogP contribution in [0.15, 0.2) is 6.20 Å². The molecule has 140 valence electrons. The minimum absolute atomic E-state index is 0.0669. The number of halogens is 4. The molecule has 0 atom stereocenters. The van der Waals surface area contributed by atoms with Crippen molar-refractivity contribution in [2.45, 2.75) is 67.2 Å². The minimum atomic E-state index is -4.65. The first kappa shape index (κ1) is 24.7. The Morgan fingerprint density at radius 1 is 1.17 bits per heavy atom. The van der Waals surface area contributed by atoms with Gasteiger partial charge in [-0.3, -0.25) is 5.32 Å². The van der Waals surface area contributed by atoms with E-state index in [1.807, 2.05) is 27.7 Å². The van der Waals surface area contributed by atoms with E-state index in [1.165, 1.54) is 6.92 Å². The van der Waals surface area contributed by atoms with E-state index in [4.69, 9.17) is 16.3 Å². The number of carbonyl (C=O) groups is 1. The fourth-order valence-corrected chi connectivity index (χ4v) is 1.57. The maximum Gasteiger partial charge on any atom is 0.434 e. The van der Waals surface area contributed by atoms with Crippen molar-refractivity contribution < 1.29 is 22.7 Å². The molecule has 0 aliphatic rings. The molecule has 0 aliphatic carbocycles. The maximum atomic E-state index is 12.6. The quantitative estimate of drug-likeness (QED) is 0.617. The standard InChI is InChI=1S/C12H14ClF3N2O2.2C2H6/c1-6-7(18-10(19)20-11(2,3)4)5-17-9(8(6)13)12(14,15)16;2*1-2/h5H,1-4H3,(H,18,19);2*1-2H3. The molecule has 1 aromatic heterocycles. The Labute approximate surface area is 146 Å². The van der Waals surface area contributed by atoms with Gasteiger partial charge in [0.25, 0.3) is 0 Å². The molecule has 0 aliphatic heterocycles. The number of aromatic nitrogens is 1. The van der Waals surface area contributed by atoms with E-state index in [2.05, 4.69) is 10.3 Å². The SMILES string of the molecule is CC.CC.Cc1c(NC(=O)OC(C)(C)C)cnc(C(F)(F)F)c1Cl. The second-order valence-electron chi connectivity index (χ2n) is 5.08. The van der Waals surface area contributed by atoms with E-state index in [1.54, 1.807) is 20.8 Å². The van der Waals surface area contributed by atoms with Crippen molar-refractivity contribution >= 4 is 23.4 Å². The summed E-state index contributed by atoms with van der Waals surface area (Å²) in [5.41, 5.74) is -1.77. The lowest BCUT2D eigenvalue weighted by atomic mass is 10.2. The Kier molecular flexibility index (Phi) is 10.7. The summed E-state index contributed by atoms with van der Waals surface area (Å²) in [6, 6.07) is 0. The number of nitrogens with zero attached hydrogens (tertiary/aromatic N) is 1. The summed E-state index contributed by atoms with van der Waals surface area (Å²) < 4.78 is 42.8. The van der Waals surface area contributed by atoms with Gasteiger partial charge in [-0.15, -0.1) is 0 Å². The lowest BCUT2D eigenvalue weighted by Crippen LogP contribution is -2.27. The maximum absolute atomic E-state index is 12.6. The first-order chi connectivity index (χ1) is 10.9. The van der Waals surface area contributed by atoms with E-state index in [0.717, 1.165) is 6.20 Å². The lowest BCUT2D eigenvalue weighted by Gasteiger charge is -2.20. The highest BCUT2D eigenvalue weighted by Gasteiger charge is 2.36. The van der Waals surface area contributed by atoms with Gasteiger partial charge < -0.3 is 4.74 Å². The molecule has 0 unspecified atom stereocenters. The number of carbonyl (C=O) groups excluding carboxylic acids is 1. The lowest BCUT2D eigenvalue weighted by molar-refractivity contribution is -0.141. The second kappa shape index (κ2) is 10.4. The van der Waals surface area contributed by atoms with Gasteiger partial charge in [-0.25, -0.2) is 9.78 Å². The molecule has 24 heavy (non-hydrogen) atoms. The van der Waals surface area contributed by atoms with Crippen molar-refractivity contribution in [1.29, 1.82) is 0 Å². The number of amides is 1. The molecule has 0 radical (unpaired) electrons. The van der Waals surface area contributed by atoms with Gasteiger partial charge in [0, 0.05) is 0 Å². The topological polar surface area (TPSA) is 51.2 Å². The van der Waals surface area contributed by atoms with Crippen LogP contribution in [-0.2, 0) is 10.9 Å². The zero-order valence-electron chi connectivity index (χ0n) is 15.4. The van der Waals surface area contributed by atoms with E-state index in [-0.39, 0.29) is 11.3 Å². The first-order valence-electron chi connectivity index (χ1n) is 7.64. The summed E-state index contributed by atoms with van der Waals surface area (Å²) in [6.45, 7) is 14.3. The van der Waals surface area contributed by atoms with Crippen LogP contribution < -0.4 is 5.32 Å². The van der Waals surface area contributed by atoms with Crippen LogP contribution in [-0.4, -0.2) is 16.7 Å². The molecular formula is C16H26ClF3N2O2. The molecule has 4 nitrogen and oxygen atoms in total. The first-order valence-corrected chi connectivity index (χ1v) is 8.02. The monoisotopic (exact) mass is 370 g/mol. The zero-order valence-corrected chi connectivity index (χ0v) is 16.1. The molecule has 0 fully saturated rings. The normalized spacial score (nSPS) is 10.7. The van der Waals surface area contributed by atoms with Crippen molar-refractivity contribution in [3.05, 3.63) is 22.5 Å². The fourth-order valence-electron chi connectivity index (χ4n) is 1.32. The largest absolute Gasteiger partial charge is 0.444 e. The summed E-state index contributed by atoms with van der Waals surface area (Å²) in [7, 11) is 0. The van der Waals surface area contributed by atoms with Crippen LogP contribution in [0.1, 0.15) is 59.7 Å². The second-order valence-corrected chi connectivity index (χ2v) is 5.46. The van der Waals surface area contributed by atoms with Gasteiger partial charge >= 0.3 is 12.3 Å². The van der Waals surface area contributed by atoms with Crippen molar-refractivity contribution in [1.82, 2.24) is 4.98 Å². The highest BCUT2D eigenvalue weighted by Crippen LogP contribution is 2.36. The predicted molar refractivity (Wildman–Crippen MR) is 91.5 cm³/mol. The number of pyridine rings is 1. The molecule has 1 rings (SSSR count). The Morgan fingerprint density at radius 2 is 1.62 bits per heavy atom. The van der Waals surface area contributed by atoms with Crippen molar-refractivity contribution in [3.8, 4) is 0 Å².